The van der Waals surface area contributed by atoms with Crippen molar-refractivity contribution in [2.45, 2.75) is 109 Å². The standard InChI is InChI=1S/C32H60N2O10/c1-29(36)26-42-24-22-40-20-17-33-31(38)27-43-25-23-41-21-18-34-32(39)30(37)16-14-12-10-8-6-4-2-3-5-7-9-11-13-15-19-44-28-35/h28,32,34,39H,2-27H2,1H3,(H,33,38). The van der Waals surface area contributed by atoms with E-state index in [9.17, 15) is 24.3 Å². The van der Waals surface area contributed by atoms with Crippen LogP contribution in [0.25, 0.3) is 0 Å². The van der Waals surface area contributed by atoms with E-state index in [-0.39, 0.29) is 37.3 Å². The van der Waals surface area contributed by atoms with E-state index < -0.39 is 6.23 Å². The van der Waals surface area contributed by atoms with Gasteiger partial charge >= 0.3 is 0 Å². The summed E-state index contributed by atoms with van der Waals surface area (Å²) in [5, 5.41) is 15.4. The minimum absolute atomic E-state index is 0.0368. The number of carbonyl (C=O) groups is 4. The minimum atomic E-state index is -1.17. The second-order valence-electron chi connectivity index (χ2n) is 10.9. The third kappa shape index (κ3) is 32.9. The smallest absolute Gasteiger partial charge is 0.293 e. The van der Waals surface area contributed by atoms with Gasteiger partial charge in [0.25, 0.3) is 6.47 Å². The molecule has 0 aliphatic carbocycles. The van der Waals surface area contributed by atoms with Crippen LogP contribution in [0.3, 0.4) is 0 Å². The van der Waals surface area contributed by atoms with Crippen molar-refractivity contribution in [1.82, 2.24) is 10.6 Å². The van der Waals surface area contributed by atoms with Gasteiger partial charge in [0, 0.05) is 19.5 Å². The zero-order valence-corrected chi connectivity index (χ0v) is 27.2. The fourth-order valence-corrected chi connectivity index (χ4v) is 4.31. The summed E-state index contributed by atoms with van der Waals surface area (Å²) in [6.45, 7) is 5.08. The lowest BCUT2D eigenvalue weighted by molar-refractivity contribution is -0.129. The van der Waals surface area contributed by atoms with Gasteiger partial charge in [-0.2, -0.15) is 0 Å². The highest BCUT2D eigenvalue weighted by atomic mass is 16.5. The molecule has 0 aromatic heterocycles. The number of aliphatic hydroxyl groups is 1. The highest BCUT2D eigenvalue weighted by Gasteiger charge is 2.13. The van der Waals surface area contributed by atoms with Crippen molar-refractivity contribution in [1.29, 1.82) is 0 Å². The zero-order valence-electron chi connectivity index (χ0n) is 27.2. The zero-order chi connectivity index (χ0) is 32.4. The van der Waals surface area contributed by atoms with E-state index in [1.54, 1.807) is 0 Å². The van der Waals surface area contributed by atoms with Crippen LogP contribution in [0.5, 0.6) is 0 Å². The topological polar surface area (TPSA) is 159 Å². The molecule has 0 bridgehead atoms. The predicted molar refractivity (Wildman–Crippen MR) is 167 cm³/mol. The van der Waals surface area contributed by atoms with Crippen molar-refractivity contribution >= 4 is 23.9 Å². The molecule has 0 aliphatic rings. The Kier molecular flexibility index (Phi) is 32.4. The normalized spacial score (nSPS) is 11.8. The molecule has 44 heavy (non-hydrogen) atoms. The fourth-order valence-electron chi connectivity index (χ4n) is 4.31. The van der Waals surface area contributed by atoms with Crippen molar-refractivity contribution in [2.75, 3.05) is 72.6 Å². The molecule has 0 aliphatic heterocycles. The molecule has 1 unspecified atom stereocenters. The van der Waals surface area contributed by atoms with Gasteiger partial charge < -0.3 is 34.1 Å². The molecule has 258 valence electrons. The highest BCUT2D eigenvalue weighted by molar-refractivity contribution is 5.82. The first-order valence-corrected chi connectivity index (χ1v) is 16.5. The first-order chi connectivity index (χ1) is 21.5. The number of nitrogens with one attached hydrogen (secondary N) is 2. The molecule has 0 heterocycles. The lowest BCUT2D eigenvalue weighted by Gasteiger charge is -2.12. The van der Waals surface area contributed by atoms with Gasteiger partial charge in [0.15, 0.2) is 17.8 Å². The van der Waals surface area contributed by atoms with Crippen LogP contribution in [-0.2, 0) is 42.9 Å². The van der Waals surface area contributed by atoms with Crippen LogP contribution in [0.15, 0.2) is 0 Å². The van der Waals surface area contributed by atoms with Crippen LogP contribution in [-0.4, -0.2) is 108 Å². The number of carbonyl (C=O) groups excluding carboxylic acids is 4. The Bertz CT molecular complexity index is 696. The predicted octanol–water partition coefficient (Wildman–Crippen LogP) is 3.26. The Labute approximate surface area is 264 Å². The first kappa shape index (κ1) is 42.0. The van der Waals surface area contributed by atoms with E-state index in [2.05, 4.69) is 15.4 Å². The summed E-state index contributed by atoms with van der Waals surface area (Å²) in [7, 11) is 0. The van der Waals surface area contributed by atoms with Gasteiger partial charge in [-0.15, -0.1) is 0 Å². The molecule has 3 N–H and O–H groups in total. The summed E-state index contributed by atoms with van der Waals surface area (Å²) in [4.78, 5) is 44.6. The maximum Gasteiger partial charge on any atom is 0.293 e. The van der Waals surface area contributed by atoms with Crippen LogP contribution < -0.4 is 10.6 Å². The molecular formula is C32H60N2O10. The number of ketones is 2. The molecule has 12 nitrogen and oxygen atoms in total. The van der Waals surface area contributed by atoms with E-state index in [1.165, 1.54) is 64.7 Å². The van der Waals surface area contributed by atoms with Crippen LogP contribution in [0, 0.1) is 0 Å². The Morgan fingerprint density at radius 2 is 1.09 bits per heavy atom. The minimum Gasteiger partial charge on any atom is -0.468 e. The van der Waals surface area contributed by atoms with Gasteiger partial charge in [0.05, 0.1) is 46.2 Å². The lowest BCUT2D eigenvalue weighted by atomic mass is 10.0. The average Bonchev–Trinajstić information content (AvgIpc) is 3.00. The molecule has 0 saturated carbocycles. The van der Waals surface area contributed by atoms with Crippen molar-refractivity contribution in [3.63, 3.8) is 0 Å². The van der Waals surface area contributed by atoms with Gasteiger partial charge in [-0.05, 0) is 19.8 Å². The maximum absolute atomic E-state index is 12.1. The molecule has 0 rings (SSSR count). The summed E-state index contributed by atoms with van der Waals surface area (Å²) < 4.78 is 25.7. The summed E-state index contributed by atoms with van der Waals surface area (Å²) >= 11 is 0. The Hall–Kier alpha value is -1.96. The van der Waals surface area contributed by atoms with Gasteiger partial charge in [0.2, 0.25) is 5.91 Å². The van der Waals surface area contributed by atoms with E-state index in [4.69, 9.17) is 18.9 Å². The largest absolute Gasteiger partial charge is 0.468 e. The highest BCUT2D eigenvalue weighted by Crippen LogP contribution is 2.13. The summed E-state index contributed by atoms with van der Waals surface area (Å²) in [6, 6.07) is 0. The van der Waals surface area contributed by atoms with Gasteiger partial charge in [0.1, 0.15) is 13.2 Å². The quantitative estimate of drug-likeness (QED) is 0.0529. The number of Topliss-reactive ketones (excluding diaryl/α,β-unsaturated/α-hetero) is 2. The van der Waals surface area contributed by atoms with Crippen LogP contribution in [0.2, 0.25) is 0 Å². The molecule has 0 aromatic carbocycles. The third-order valence-electron chi connectivity index (χ3n) is 6.74. The SMILES string of the molecule is CC(=O)COCCOCCNC(=O)COCCOCCNC(O)C(=O)CCCCCCCCCCCCCCCCOC=O. The molecule has 0 saturated heterocycles. The molecule has 0 aromatic rings. The molecular weight excluding hydrogens is 572 g/mol. The number of aliphatic hydroxyl groups excluding tert-OH is 1. The van der Waals surface area contributed by atoms with Crippen molar-refractivity contribution < 1.29 is 48.0 Å². The molecule has 0 radical (unpaired) electrons. The number of hydrogen-bond donors (Lipinski definition) is 3. The second kappa shape index (κ2) is 33.9. The Morgan fingerprint density at radius 3 is 1.64 bits per heavy atom. The van der Waals surface area contributed by atoms with Gasteiger partial charge in [-0.1, -0.05) is 77.0 Å². The number of rotatable bonds is 36. The maximum atomic E-state index is 12.1. The van der Waals surface area contributed by atoms with Crippen molar-refractivity contribution in [3.05, 3.63) is 0 Å². The van der Waals surface area contributed by atoms with Gasteiger partial charge in [-0.3, -0.25) is 24.5 Å². The summed E-state index contributed by atoms with van der Waals surface area (Å²) in [5.74, 6) is -0.486. The second-order valence-corrected chi connectivity index (χ2v) is 10.9. The van der Waals surface area contributed by atoms with Crippen molar-refractivity contribution in [2.24, 2.45) is 0 Å². The van der Waals surface area contributed by atoms with Gasteiger partial charge in [-0.25, -0.2) is 0 Å². The average molecular weight is 633 g/mol. The molecule has 0 spiro atoms. The van der Waals surface area contributed by atoms with Crippen molar-refractivity contribution in [3.8, 4) is 0 Å². The summed E-state index contributed by atoms with van der Waals surface area (Å²) in [6.07, 6.45) is 15.6. The molecule has 0 fully saturated rings. The molecule has 1 amide bonds. The van der Waals surface area contributed by atoms with Crippen LogP contribution in [0.4, 0.5) is 0 Å². The Morgan fingerprint density at radius 1 is 0.614 bits per heavy atom. The number of hydrogen-bond acceptors (Lipinski definition) is 11. The number of unbranched alkanes of at least 4 members (excludes halogenated alkanes) is 13. The monoisotopic (exact) mass is 632 g/mol. The summed E-state index contributed by atoms with van der Waals surface area (Å²) in [5.41, 5.74) is 0. The first-order valence-electron chi connectivity index (χ1n) is 16.5. The third-order valence-corrected chi connectivity index (χ3v) is 6.74. The molecule has 12 heteroatoms. The molecule has 1 atom stereocenters. The van der Waals surface area contributed by atoms with E-state index in [0.29, 0.717) is 65.6 Å². The van der Waals surface area contributed by atoms with Crippen LogP contribution in [0.1, 0.15) is 103 Å². The van der Waals surface area contributed by atoms with E-state index in [0.717, 1.165) is 32.1 Å². The van der Waals surface area contributed by atoms with Crippen LogP contribution >= 0.6 is 0 Å². The van der Waals surface area contributed by atoms with E-state index in [1.807, 2.05) is 0 Å². The number of amides is 1. The van der Waals surface area contributed by atoms with E-state index >= 15 is 0 Å². The number of ether oxygens (including phenoxy) is 5. The fraction of sp³-hybridized carbons (Fsp3) is 0.875. The lowest BCUT2D eigenvalue weighted by Crippen LogP contribution is -2.38. The Balaban J connectivity index is 3.36.